The van der Waals surface area contributed by atoms with Crippen LogP contribution in [0.25, 0.3) is 0 Å². The Morgan fingerprint density at radius 3 is 2.84 bits per heavy atom. The van der Waals surface area contributed by atoms with Gasteiger partial charge in [0.1, 0.15) is 11.5 Å². The smallest absolute Gasteiger partial charge is 0.295 e. The number of benzene rings is 1. The maximum Gasteiger partial charge on any atom is 0.295 e. The van der Waals surface area contributed by atoms with Gasteiger partial charge in [-0.2, -0.15) is 0 Å². The summed E-state index contributed by atoms with van der Waals surface area (Å²) >= 11 is 0. The fraction of sp³-hybridized carbons (Fsp3) is 0.538. The van der Waals surface area contributed by atoms with E-state index >= 15 is 0 Å². The predicted octanol–water partition coefficient (Wildman–Crippen LogP) is 2.38. The van der Waals surface area contributed by atoms with Crippen LogP contribution in [0.5, 0.6) is 0 Å². The van der Waals surface area contributed by atoms with Crippen molar-refractivity contribution in [3.63, 3.8) is 0 Å². The summed E-state index contributed by atoms with van der Waals surface area (Å²) in [6.07, 6.45) is 3.51. The monoisotopic (exact) mass is 265 g/mol. The van der Waals surface area contributed by atoms with Gasteiger partial charge in [-0.3, -0.25) is 15.0 Å². The molecule has 1 saturated carbocycles. The third-order valence-electron chi connectivity index (χ3n) is 3.80. The highest BCUT2D eigenvalue weighted by molar-refractivity contribution is 5.62. The number of nitro benzene ring substituents is 1. The maximum atomic E-state index is 13.1. The van der Waals surface area contributed by atoms with Crippen LogP contribution < -0.4 is 5.32 Å². The van der Waals surface area contributed by atoms with Gasteiger partial charge in [-0.25, -0.2) is 4.39 Å². The Labute approximate surface area is 110 Å². The van der Waals surface area contributed by atoms with E-state index in [1.54, 1.807) is 0 Å². The van der Waals surface area contributed by atoms with Crippen molar-refractivity contribution in [1.29, 1.82) is 0 Å². The number of halogens is 1. The fourth-order valence-corrected chi connectivity index (χ4v) is 2.67. The molecular formula is C13H16FN3O2. The topological polar surface area (TPSA) is 58.4 Å². The van der Waals surface area contributed by atoms with Gasteiger partial charge in [0.15, 0.2) is 0 Å². The van der Waals surface area contributed by atoms with Crippen LogP contribution in [0.15, 0.2) is 18.2 Å². The first-order chi connectivity index (χ1) is 9.13. The van der Waals surface area contributed by atoms with Crippen LogP contribution in [0.4, 0.5) is 15.8 Å². The lowest BCUT2D eigenvalue weighted by atomic mass is 10.2. The molecule has 2 aliphatic rings. The Hall–Kier alpha value is -1.69. The number of hydrogen-bond donors (Lipinski definition) is 1. The number of nitro groups is 1. The Morgan fingerprint density at radius 2 is 2.16 bits per heavy atom. The molecule has 0 spiro atoms. The summed E-state index contributed by atoms with van der Waals surface area (Å²) in [6.45, 7) is 1.95. The molecule has 1 atom stereocenters. The van der Waals surface area contributed by atoms with Crippen LogP contribution in [0.2, 0.25) is 0 Å². The van der Waals surface area contributed by atoms with Crippen molar-refractivity contribution < 1.29 is 9.31 Å². The molecule has 3 rings (SSSR count). The molecule has 102 valence electrons. The number of rotatable bonds is 4. The molecular weight excluding hydrogens is 249 g/mol. The van der Waals surface area contributed by atoms with E-state index in [0.29, 0.717) is 5.69 Å². The molecule has 5 nitrogen and oxygen atoms in total. The zero-order chi connectivity index (χ0) is 13.4. The Morgan fingerprint density at radius 1 is 1.37 bits per heavy atom. The number of anilines is 1. The van der Waals surface area contributed by atoms with E-state index in [4.69, 9.17) is 0 Å². The van der Waals surface area contributed by atoms with Gasteiger partial charge in [0.25, 0.3) is 5.69 Å². The Bertz CT molecular complexity index is 505. The molecule has 2 fully saturated rings. The minimum absolute atomic E-state index is 0.190. The van der Waals surface area contributed by atoms with Crippen LogP contribution in [-0.2, 0) is 0 Å². The highest BCUT2D eigenvalue weighted by atomic mass is 19.1. The largest absolute Gasteiger partial charge is 0.375 e. The quantitative estimate of drug-likeness (QED) is 0.670. The van der Waals surface area contributed by atoms with Crippen LogP contribution in [-0.4, -0.2) is 35.0 Å². The highest BCUT2D eigenvalue weighted by Crippen LogP contribution is 2.32. The van der Waals surface area contributed by atoms with Crippen LogP contribution in [0.1, 0.15) is 19.3 Å². The van der Waals surface area contributed by atoms with Crippen molar-refractivity contribution in [3.8, 4) is 0 Å². The lowest BCUT2D eigenvalue weighted by Gasteiger charge is -2.16. The number of likely N-dealkylation sites (tertiary alicyclic amines) is 1. The first-order valence-corrected chi connectivity index (χ1v) is 6.58. The molecule has 0 radical (unpaired) electrons. The third kappa shape index (κ3) is 2.68. The van der Waals surface area contributed by atoms with Gasteiger partial charge in [-0.05, 0) is 31.4 Å². The molecule has 6 heteroatoms. The van der Waals surface area contributed by atoms with Gasteiger partial charge in [-0.15, -0.1) is 0 Å². The maximum absolute atomic E-state index is 13.1. The van der Waals surface area contributed by atoms with Gasteiger partial charge >= 0.3 is 0 Å². The van der Waals surface area contributed by atoms with Gasteiger partial charge in [0, 0.05) is 25.2 Å². The van der Waals surface area contributed by atoms with E-state index in [9.17, 15) is 14.5 Å². The van der Waals surface area contributed by atoms with Crippen LogP contribution in [0, 0.1) is 15.9 Å². The van der Waals surface area contributed by atoms with E-state index < -0.39 is 10.7 Å². The normalized spacial score (nSPS) is 23.5. The van der Waals surface area contributed by atoms with Crippen molar-refractivity contribution in [2.45, 2.75) is 31.3 Å². The first kappa shape index (κ1) is 12.3. The van der Waals surface area contributed by atoms with E-state index in [1.807, 2.05) is 0 Å². The molecule has 0 aromatic heterocycles. The molecule has 0 bridgehead atoms. The third-order valence-corrected chi connectivity index (χ3v) is 3.80. The van der Waals surface area contributed by atoms with Gasteiger partial charge < -0.3 is 5.32 Å². The molecule has 1 unspecified atom stereocenters. The lowest BCUT2D eigenvalue weighted by Crippen LogP contribution is -2.27. The molecule has 1 aromatic rings. The number of hydrogen-bond acceptors (Lipinski definition) is 4. The standard InChI is InChI=1S/C13H16FN3O2/c14-9-1-4-12(13(7-9)17(18)19)15-10-5-6-16(8-10)11-2-3-11/h1,4,7,10-11,15H,2-3,5-6,8H2. The van der Waals surface area contributed by atoms with Gasteiger partial charge in [0.2, 0.25) is 0 Å². The number of nitrogens with one attached hydrogen (secondary N) is 1. The summed E-state index contributed by atoms with van der Waals surface area (Å²) in [6, 6.07) is 4.60. The van der Waals surface area contributed by atoms with Gasteiger partial charge in [0.05, 0.1) is 11.0 Å². The van der Waals surface area contributed by atoms with E-state index in [-0.39, 0.29) is 11.7 Å². The van der Waals surface area contributed by atoms with Crippen LogP contribution in [0.3, 0.4) is 0 Å². The second kappa shape index (κ2) is 4.77. The number of nitrogens with zero attached hydrogens (tertiary/aromatic N) is 2. The first-order valence-electron chi connectivity index (χ1n) is 6.58. The van der Waals surface area contributed by atoms with Crippen molar-refractivity contribution in [2.24, 2.45) is 0 Å². The second-order valence-electron chi connectivity index (χ2n) is 5.27. The predicted molar refractivity (Wildman–Crippen MR) is 69.7 cm³/mol. The average molecular weight is 265 g/mol. The summed E-state index contributed by atoms with van der Waals surface area (Å²) in [7, 11) is 0. The Kier molecular flexibility index (Phi) is 3.10. The zero-order valence-corrected chi connectivity index (χ0v) is 10.5. The minimum Gasteiger partial charge on any atom is -0.375 e. The second-order valence-corrected chi connectivity index (χ2v) is 5.27. The van der Waals surface area contributed by atoms with Crippen LogP contribution >= 0.6 is 0 Å². The van der Waals surface area contributed by atoms with E-state index in [0.717, 1.165) is 31.6 Å². The van der Waals surface area contributed by atoms with Gasteiger partial charge in [-0.1, -0.05) is 0 Å². The highest BCUT2D eigenvalue weighted by Gasteiger charge is 2.34. The van der Waals surface area contributed by atoms with E-state index in [2.05, 4.69) is 10.2 Å². The summed E-state index contributed by atoms with van der Waals surface area (Å²) in [5.41, 5.74) is 0.221. The summed E-state index contributed by atoms with van der Waals surface area (Å²) in [4.78, 5) is 12.8. The Balaban J connectivity index is 1.71. The average Bonchev–Trinajstić information content (AvgIpc) is 3.12. The molecule has 1 aliphatic heterocycles. The van der Waals surface area contributed by atoms with E-state index in [1.165, 1.54) is 25.0 Å². The summed E-state index contributed by atoms with van der Waals surface area (Å²) < 4.78 is 13.1. The zero-order valence-electron chi connectivity index (χ0n) is 10.5. The summed E-state index contributed by atoms with van der Waals surface area (Å²) in [5, 5.41) is 14.1. The van der Waals surface area contributed by atoms with Crippen molar-refractivity contribution in [1.82, 2.24) is 4.90 Å². The molecule has 1 N–H and O–H groups in total. The lowest BCUT2D eigenvalue weighted by molar-refractivity contribution is -0.384. The van der Waals surface area contributed by atoms with Crippen molar-refractivity contribution in [2.75, 3.05) is 18.4 Å². The molecule has 1 aliphatic carbocycles. The SMILES string of the molecule is O=[N+]([O-])c1cc(F)ccc1NC1CCN(C2CC2)C1. The minimum atomic E-state index is -0.580. The fourth-order valence-electron chi connectivity index (χ4n) is 2.67. The molecule has 19 heavy (non-hydrogen) atoms. The van der Waals surface area contributed by atoms with Crippen molar-refractivity contribution in [3.05, 3.63) is 34.1 Å². The molecule has 1 saturated heterocycles. The summed E-state index contributed by atoms with van der Waals surface area (Å²) in [5.74, 6) is -0.580. The molecule has 1 aromatic carbocycles. The molecule has 0 amide bonds. The molecule has 1 heterocycles. The van der Waals surface area contributed by atoms with Crippen molar-refractivity contribution >= 4 is 11.4 Å².